The number of nitrogens with one attached hydrogen (secondary N) is 1. The highest BCUT2D eigenvalue weighted by atomic mass is 32.1. The summed E-state index contributed by atoms with van der Waals surface area (Å²) in [5, 5.41) is 11.5. The molecule has 0 fully saturated rings. The quantitative estimate of drug-likeness (QED) is 0.785. The number of hydrogen-bond donors (Lipinski definition) is 1. The summed E-state index contributed by atoms with van der Waals surface area (Å²) in [5.74, 6) is 1.23. The van der Waals surface area contributed by atoms with E-state index in [0.717, 1.165) is 30.6 Å². The normalized spacial score (nSPS) is 14.2. The molecule has 1 aliphatic heterocycles. The minimum Gasteiger partial charge on any atom is -0.334 e. The van der Waals surface area contributed by atoms with Crippen molar-refractivity contribution >= 4 is 11.3 Å². The smallest absolute Gasteiger partial charge is 0.258 e. The van der Waals surface area contributed by atoms with Gasteiger partial charge in [-0.2, -0.15) is 16.3 Å². The number of fused-ring (bicyclic) bond motifs is 1. The molecular formula is C15H13N3OS. The van der Waals surface area contributed by atoms with Crippen LogP contribution in [-0.4, -0.2) is 16.7 Å². The Balaban J connectivity index is 1.71. The summed E-state index contributed by atoms with van der Waals surface area (Å²) in [6.45, 7) is 1.96. The first-order valence-electron chi connectivity index (χ1n) is 6.59. The molecule has 0 unspecified atom stereocenters. The van der Waals surface area contributed by atoms with Gasteiger partial charge in [0.15, 0.2) is 0 Å². The summed E-state index contributed by atoms with van der Waals surface area (Å²) in [5.41, 5.74) is 4.72. The van der Waals surface area contributed by atoms with Crippen LogP contribution in [-0.2, 0) is 13.0 Å². The maximum Gasteiger partial charge on any atom is 0.258 e. The van der Waals surface area contributed by atoms with Crippen LogP contribution in [0.5, 0.6) is 0 Å². The Labute approximate surface area is 120 Å². The third-order valence-corrected chi connectivity index (χ3v) is 4.23. The topological polar surface area (TPSA) is 51.0 Å². The van der Waals surface area contributed by atoms with E-state index >= 15 is 0 Å². The molecule has 4 nitrogen and oxygen atoms in total. The first-order valence-corrected chi connectivity index (χ1v) is 7.53. The van der Waals surface area contributed by atoms with Crippen molar-refractivity contribution < 1.29 is 4.52 Å². The van der Waals surface area contributed by atoms with Crippen LogP contribution in [0.4, 0.5) is 0 Å². The first-order chi connectivity index (χ1) is 9.90. The van der Waals surface area contributed by atoms with E-state index in [2.05, 4.69) is 33.7 Å². The molecule has 0 saturated heterocycles. The molecule has 0 aliphatic carbocycles. The Kier molecular flexibility index (Phi) is 2.86. The summed E-state index contributed by atoms with van der Waals surface area (Å²) >= 11 is 1.63. The van der Waals surface area contributed by atoms with Gasteiger partial charge in [-0.3, -0.25) is 0 Å². The van der Waals surface area contributed by atoms with E-state index in [1.54, 1.807) is 11.3 Å². The van der Waals surface area contributed by atoms with Crippen molar-refractivity contribution in [1.82, 2.24) is 15.5 Å². The fourth-order valence-corrected chi connectivity index (χ4v) is 3.10. The summed E-state index contributed by atoms with van der Waals surface area (Å²) in [6, 6.07) is 8.37. The van der Waals surface area contributed by atoms with E-state index in [4.69, 9.17) is 4.52 Å². The van der Waals surface area contributed by atoms with Crippen molar-refractivity contribution in [2.24, 2.45) is 0 Å². The molecule has 5 heteroatoms. The third-order valence-electron chi connectivity index (χ3n) is 3.55. The highest BCUT2D eigenvalue weighted by molar-refractivity contribution is 7.08. The molecule has 3 heterocycles. The Bertz CT molecular complexity index is 733. The molecule has 0 bridgehead atoms. The monoisotopic (exact) mass is 283 g/mol. The molecule has 0 atom stereocenters. The van der Waals surface area contributed by atoms with Crippen molar-refractivity contribution in [3.05, 3.63) is 46.2 Å². The summed E-state index contributed by atoms with van der Waals surface area (Å²) in [4.78, 5) is 4.48. The highest BCUT2D eigenvalue weighted by Crippen LogP contribution is 2.26. The number of benzene rings is 1. The van der Waals surface area contributed by atoms with Crippen LogP contribution in [0.15, 0.2) is 39.5 Å². The van der Waals surface area contributed by atoms with Crippen LogP contribution in [0.2, 0.25) is 0 Å². The van der Waals surface area contributed by atoms with Gasteiger partial charge in [-0.05, 0) is 47.7 Å². The van der Waals surface area contributed by atoms with Crippen LogP contribution in [0.3, 0.4) is 0 Å². The molecule has 0 saturated carbocycles. The lowest BCUT2D eigenvalue weighted by molar-refractivity contribution is 0.432. The van der Waals surface area contributed by atoms with Crippen LogP contribution < -0.4 is 5.32 Å². The average molecular weight is 283 g/mol. The number of thiophene rings is 1. The predicted octanol–water partition coefficient (Wildman–Crippen LogP) is 3.11. The molecule has 2 aromatic heterocycles. The molecule has 20 heavy (non-hydrogen) atoms. The van der Waals surface area contributed by atoms with Crippen LogP contribution in [0, 0.1) is 0 Å². The Hall–Kier alpha value is -1.98. The zero-order chi connectivity index (χ0) is 13.4. The predicted molar refractivity (Wildman–Crippen MR) is 78.5 cm³/mol. The Morgan fingerprint density at radius 2 is 2.15 bits per heavy atom. The zero-order valence-corrected chi connectivity index (χ0v) is 11.6. The van der Waals surface area contributed by atoms with Gasteiger partial charge in [-0.15, -0.1) is 0 Å². The number of aromatic nitrogens is 2. The van der Waals surface area contributed by atoms with E-state index in [0.29, 0.717) is 11.7 Å². The third kappa shape index (κ3) is 2.05. The van der Waals surface area contributed by atoms with E-state index in [1.807, 2.05) is 16.8 Å². The van der Waals surface area contributed by atoms with Gasteiger partial charge in [0.1, 0.15) is 0 Å². The van der Waals surface area contributed by atoms with Gasteiger partial charge in [-0.25, -0.2) is 0 Å². The van der Waals surface area contributed by atoms with Crippen molar-refractivity contribution in [1.29, 1.82) is 0 Å². The lowest BCUT2D eigenvalue weighted by Crippen LogP contribution is -2.23. The Morgan fingerprint density at radius 3 is 3.05 bits per heavy atom. The van der Waals surface area contributed by atoms with Gasteiger partial charge in [0, 0.05) is 23.1 Å². The maximum atomic E-state index is 5.39. The van der Waals surface area contributed by atoms with Gasteiger partial charge in [-0.1, -0.05) is 11.2 Å². The molecule has 1 aliphatic rings. The molecule has 3 aromatic rings. The molecule has 0 spiro atoms. The van der Waals surface area contributed by atoms with Gasteiger partial charge in [0.05, 0.1) is 0 Å². The number of hydrogen-bond acceptors (Lipinski definition) is 5. The standard InChI is InChI=1S/C15H13N3OS/c1-2-11(7-13-8-16-5-3-10(1)13)15-17-14(18-19-15)12-4-6-20-9-12/h1-2,4,6-7,9,16H,3,5,8H2. The fourth-order valence-electron chi connectivity index (χ4n) is 2.46. The summed E-state index contributed by atoms with van der Waals surface area (Å²) in [7, 11) is 0. The molecule has 1 aromatic carbocycles. The van der Waals surface area contributed by atoms with Crippen molar-refractivity contribution in [3.8, 4) is 22.8 Å². The minimum absolute atomic E-state index is 0.583. The molecule has 4 rings (SSSR count). The molecule has 1 N–H and O–H groups in total. The molecular weight excluding hydrogens is 270 g/mol. The van der Waals surface area contributed by atoms with Crippen molar-refractivity contribution in [3.63, 3.8) is 0 Å². The van der Waals surface area contributed by atoms with E-state index in [9.17, 15) is 0 Å². The largest absolute Gasteiger partial charge is 0.334 e. The lowest BCUT2D eigenvalue weighted by Gasteiger charge is -2.16. The van der Waals surface area contributed by atoms with Crippen LogP contribution >= 0.6 is 11.3 Å². The fraction of sp³-hybridized carbons (Fsp3) is 0.200. The van der Waals surface area contributed by atoms with E-state index < -0.39 is 0 Å². The van der Waals surface area contributed by atoms with E-state index in [1.165, 1.54) is 11.1 Å². The first kappa shape index (κ1) is 11.8. The van der Waals surface area contributed by atoms with Gasteiger partial charge >= 0.3 is 0 Å². The molecule has 100 valence electrons. The second-order valence-corrected chi connectivity index (χ2v) is 5.63. The van der Waals surface area contributed by atoms with Gasteiger partial charge < -0.3 is 9.84 Å². The zero-order valence-electron chi connectivity index (χ0n) is 10.8. The second kappa shape index (κ2) is 4.85. The maximum absolute atomic E-state index is 5.39. The summed E-state index contributed by atoms with van der Waals surface area (Å²) in [6.07, 6.45) is 1.08. The Morgan fingerprint density at radius 1 is 1.15 bits per heavy atom. The summed E-state index contributed by atoms with van der Waals surface area (Å²) < 4.78 is 5.39. The molecule has 0 radical (unpaired) electrons. The van der Waals surface area contributed by atoms with Gasteiger partial charge in [0.25, 0.3) is 5.89 Å². The minimum atomic E-state index is 0.583. The average Bonchev–Trinajstić information content (AvgIpc) is 3.17. The van der Waals surface area contributed by atoms with Crippen LogP contribution in [0.1, 0.15) is 11.1 Å². The SMILES string of the molecule is c1cc(-c2noc(-c3ccc4c(c3)CNCC4)n2)cs1. The number of nitrogens with zero attached hydrogens (tertiary/aromatic N) is 2. The van der Waals surface area contributed by atoms with Gasteiger partial charge in [0.2, 0.25) is 5.82 Å². The second-order valence-electron chi connectivity index (χ2n) is 4.85. The van der Waals surface area contributed by atoms with E-state index in [-0.39, 0.29) is 0 Å². The molecule has 0 amide bonds. The van der Waals surface area contributed by atoms with Crippen LogP contribution in [0.25, 0.3) is 22.8 Å². The highest BCUT2D eigenvalue weighted by Gasteiger charge is 2.14. The van der Waals surface area contributed by atoms with Crippen molar-refractivity contribution in [2.75, 3.05) is 6.54 Å². The van der Waals surface area contributed by atoms with Crippen molar-refractivity contribution in [2.45, 2.75) is 13.0 Å². The lowest BCUT2D eigenvalue weighted by atomic mass is 9.98. The number of rotatable bonds is 2.